The fraction of sp³-hybridized carbons (Fsp3) is 0.632. The van der Waals surface area contributed by atoms with Crippen LogP contribution in [0.5, 0.6) is 5.75 Å². The second-order valence-corrected chi connectivity index (χ2v) is 7.11. The summed E-state index contributed by atoms with van der Waals surface area (Å²) < 4.78 is 10.2. The van der Waals surface area contributed by atoms with Gasteiger partial charge in [-0.3, -0.25) is 0 Å². The standard InChI is InChI=1S/C19H29NO8/c1-4-19(26,10(2)9-20-3)11-6-5-7-12(8-11)27-18(25)14(22)15-13(21)16(28-15)17(23)24/h5-8,10,13-16,18,20-22,25-26H,4,9H2,1-3H3,(H,23,24)/t10?,13?,14-,15?,16?,18?,19?/m0/s1. The van der Waals surface area contributed by atoms with Crippen molar-refractivity contribution in [1.82, 2.24) is 5.32 Å². The van der Waals surface area contributed by atoms with E-state index >= 15 is 0 Å². The van der Waals surface area contributed by atoms with Gasteiger partial charge in [0.25, 0.3) is 0 Å². The topological polar surface area (TPSA) is 149 Å². The van der Waals surface area contributed by atoms with E-state index in [1.165, 1.54) is 0 Å². The summed E-state index contributed by atoms with van der Waals surface area (Å²) in [5.41, 5.74) is -0.517. The van der Waals surface area contributed by atoms with Gasteiger partial charge in [-0.05, 0) is 31.2 Å². The predicted octanol–water partition coefficient (Wildman–Crippen LogP) is -0.589. The van der Waals surface area contributed by atoms with Crippen LogP contribution in [0.15, 0.2) is 24.3 Å². The van der Waals surface area contributed by atoms with Gasteiger partial charge < -0.3 is 40.3 Å². The highest BCUT2D eigenvalue weighted by Gasteiger charge is 2.51. The SMILES string of the molecule is CCC(O)(c1cccc(OC(O)[C@@H](O)C2OC(C(=O)O)C2O)c1)C(C)CNC. The summed E-state index contributed by atoms with van der Waals surface area (Å²) in [5, 5.41) is 52.9. The fourth-order valence-electron chi connectivity index (χ4n) is 3.42. The number of ether oxygens (including phenoxy) is 2. The first-order chi connectivity index (χ1) is 13.2. The van der Waals surface area contributed by atoms with Crippen LogP contribution in [0.25, 0.3) is 0 Å². The Morgan fingerprint density at radius 1 is 1.39 bits per heavy atom. The lowest BCUT2D eigenvalue weighted by atomic mass is 9.80. The maximum Gasteiger partial charge on any atom is 0.335 e. The number of rotatable bonds is 10. The Morgan fingerprint density at radius 2 is 2.07 bits per heavy atom. The molecule has 28 heavy (non-hydrogen) atoms. The molecule has 9 heteroatoms. The second-order valence-electron chi connectivity index (χ2n) is 7.11. The average Bonchev–Trinajstić information content (AvgIpc) is 2.66. The van der Waals surface area contributed by atoms with E-state index in [-0.39, 0.29) is 11.7 Å². The smallest absolute Gasteiger partial charge is 0.335 e. The molecule has 0 aromatic heterocycles. The van der Waals surface area contributed by atoms with Gasteiger partial charge in [-0.25, -0.2) is 4.79 Å². The number of carbonyl (C=O) groups is 1. The highest BCUT2D eigenvalue weighted by molar-refractivity contribution is 5.74. The van der Waals surface area contributed by atoms with Gasteiger partial charge >= 0.3 is 5.97 Å². The Balaban J connectivity index is 2.09. The normalized spacial score (nSPS) is 27.2. The summed E-state index contributed by atoms with van der Waals surface area (Å²) in [6, 6.07) is 6.54. The first-order valence-corrected chi connectivity index (χ1v) is 9.22. The Kier molecular flexibility index (Phi) is 7.38. The molecule has 0 bridgehead atoms. The molecule has 2 rings (SSSR count). The Hall–Kier alpha value is -1.75. The number of hydrogen-bond acceptors (Lipinski definition) is 8. The molecule has 1 aromatic carbocycles. The molecule has 6 N–H and O–H groups in total. The van der Waals surface area contributed by atoms with Gasteiger partial charge in [-0.15, -0.1) is 0 Å². The molecule has 9 nitrogen and oxygen atoms in total. The lowest BCUT2D eigenvalue weighted by Gasteiger charge is -2.42. The number of hydrogen-bond donors (Lipinski definition) is 6. The van der Waals surface area contributed by atoms with Crippen molar-refractivity contribution in [3.63, 3.8) is 0 Å². The monoisotopic (exact) mass is 399 g/mol. The molecule has 0 spiro atoms. The van der Waals surface area contributed by atoms with Crippen molar-refractivity contribution >= 4 is 5.97 Å². The zero-order valence-electron chi connectivity index (χ0n) is 16.1. The highest BCUT2D eigenvalue weighted by atomic mass is 16.6. The molecule has 6 unspecified atom stereocenters. The third-order valence-electron chi connectivity index (χ3n) is 5.28. The highest BCUT2D eigenvalue weighted by Crippen LogP contribution is 2.35. The summed E-state index contributed by atoms with van der Waals surface area (Å²) in [5.74, 6) is -1.25. The Bertz CT molecular complexity index is 671. The molecule has 158 valence electrons. The van der Waals surface area contributed by atoms with Crippen molar-refractivity contribution < 1.29 is 39.8 Å². The molecule has 0 amide bonds. The Labute approximate surface area is 163 Å². The van der Waals surface area contributed by atoms with Crippen LogP contribution in [-0.2, 0) is 15.1 Å². The number of carboxylic acids is 1. The molecule has 1 aliphatic rings. The summed E-state index contributed by atoms with van der Waals surface area (Å²) in [4.78, 5) is 10.8. The number of aliphatic carboxylic acids is 1. The van der Waals surface area contributed by atoms with Crippen molar-refractivity contribution in [1.29, 1.82) is 0 Å². The molecule has 0 saturated carbocycles. The van der Waals surface area contributed by atoms with E-state index in [1.807, 2.05) is 13.8 Å². The number of nitrogens with one attached hydrogen (secondary N) is 1. The van der Waals surface area contributed by atoms with Crippen molar-refractivity contribution in [2.75, 3.05) is 13.6 Å². The van der Waals surface area contributed by atoms with Crippen molar-refractivity contribution in [3.8, 4) is 5.75 Å². The average molecular weight is 399 g/mol. The van der Waals surface area contributed by atoms with E-state index < -0.39 is 42.3 Å². The molecule has 0 radical (unpaired) electrons. The molecular formula is C19H29NO8. The molecule has 1 aliphatic heterocycles. The van der Waals surface area contributed by atoms with Gasteiger partial charge in [0.1, 0.15) is 24.1 Å². The van der Waals surface area contributed by atoms with E-state index in [9.17, 15) is 25.2 Å². The summed E-state index contributed by atoms with van der Waals surface area (Å²) >= 11 is 0. The van der Waals surface area contributed by atoms with Gasteiger partial charge in [0.2, 0.25) is 6.29 Å². The number of carboxylic acid groups (broad SMARTS) is 1. The van der Waals surface area contributed by atoms with Crippen LogP contribution in [-0.4, -0.2) is 75.8 Å². The van der Waals surface area contributed by atoms with Crippen molar-refractivity contribution in [3.05, 3.63) is 29.8 Å². The molecule has 1 aromatic rings. The van der Waals surface area contributed by atoms with E-state index in [4.69, 9.17) is 14.6 Å². The minimum atomic E-state index is -1.76. The maximum absolute atomic E-state index is 11.1. The third-order valence-corrected chi connectivity index (χ3v) is 5.28. The van der Waals surface area contributed by atoms with Crippen LogP contribution in [0.1, 0.15) is 25.8 Å². The summed E-state index contributed by atoms with van der Waals surface area (Å²) in [6.45, 7) is 4.38. The minimum Gasteiger partial charge on any atom is -0.479 e. The van der Waals surface area contributed by atoms with Crippen LogP contribution in [0, 0.1) is 5.92 Å². The Morgan fingerprint density at radius 3 is 2.61 bits per heavy atom. The van der Waals surface area contributed by atoms with Crippen LogP contribution in [0.2, 0.25) is 0 Å². The molecule has 1 fully saturated rings. The zero-order valence-corrected chi connectivity index (χ0v) is 16.1. The number of benzene rings is 1. The largest absolute Gasteiger partial charge is 0.479 e. The van der Waals surface area contributed by atoms with E-state index in [0.29, 0.717) is 18.5 Å². The minimum absolute atomic E-state index is 0.0975. The molecule has 1 heterocycles. The van der Waals surface area contributed by atoms with Crippen LogP contribution >= 0.6 is 0 Å². The van der Waals surface area contributed by atoms with Gasteiger partial charge in [-0.1, -0.05) is 26.0 Å². The van der Waals surface area contributed by atoms with Gasteiger partial charge in [-0.2, -0.15) is 0 Å². The maximum atomic E-state index is 11.1. The van der Waals surface area contributed by atoms with E-state index in [1.54, 1.807) is 31.3 Å². The van der Waals surface area contributed by atoms with E-state index in [2.05, 4.69) is 5.32 Å². The fourth-order valence-corrected chi connectivity index (χ4v) is 3.42. The second kappa shape index (κ2) is 9.17. The molecular weight excluding hydrogens is 370 g/mol. The van der Waals surface area contributed by atoms with Gasteiger partial charge in [0.05, 0.1) is 5.60 Å². The first kappa shape index (κ1) is 22.5. The van der Waals surface area contributed by atoms with Crippen LogP contribution in [0.3, 0.4) is 0 Å². The van der Waals surface area contributed by atoms with Gasteiger partial charge in [0.15, 0.2) is 6.10 Å². The number of aliphatic hydroxyl groups is 4. The summed E-state index contributed by atoms with van der Waals surface area (Å²) in [6.07, 6.45) is -7.12. The lowest BCUT2D eigenvalue weighted by Crippen LogP contribution is -2.64. The lowest BCUT2D eigenvalue weighted by molar-refractivity contribution is -0.277. The third kappa shape index (κ3) is 4.45. The zero-order chi connectivity index (χ0) is 21.1. The summed E-state index contributed by atoms with van der Waals surface area (Å²) in [7, 11) is 1.80. The van der Waals surface area contributed by atoms with Crippen molar-refractivity contribution in [2.24, 2.45) is 5.92 Å². The quantitative estimate of drug-likeness (QED) is 0.284. The molecule has 7 atom stereocenters. The predicted molar refractivity (Wildman–Crippen MR) is 98.7 cm³/mol. The number of aliphatic hydroxyl groups excluding tert-OH is 3. The van der Waals surface area contributed by atoms with Gasteiger partial charge in [0, 0.05) is 12.5 Å². The molecule has 0 aliphatic carbocycles. The van der Waals surface area contributed by atoms with E-state index in [0.717, 1.165) is 0 Å². The van der Waals surface area contributed by atoms with Crippen LogP contribution < -0.4 is 10.1 Å². The first-order valence-electron chi connectivity index (χ1n) is 9.22. The van der Waals surface area contributed by atoms with Crippen molar-refractivity contribution in [2.45, 2.75) is 56.6 Å². The molecule has 1 saturated heterocycles. The van der Waals surface area contributed by atoms with Crippen LogP contribution in [0.4, 0.5) is 0 Å².